The molecule has 0 aliphatic carbocycles. The highest BCUT2D eigenvalue weighted by Crippen LogP contribution is 2.16. The molecule has 0 unspecified atom stereocenters. The highest BCUT2D eigenvalue weighted by molar-refractivity contribution is 6.04. The minimum absolute atomic E-state index is 0.224. The van der Waals surface area contributed by atoms with E-state index < -0.39 is 0 Å². The lowest BCUT2D eigenvalue weighted by Crippen LogP contribution is -2.13. The second kappa shape index (κ2) is 6.55. The topological polar surface area (TPSA) is 103 Å². The molecular formula is C17H14N8O. The molecule has 4 aromatic rings. The fourth-order valence-electron chi connectivity index (χ4n) is 2.52. The monoisotopic (exact) mass is 346 g/mol. The summed E-state index contributed by atoms with van der Waals surface area (Å²) in [6, 6.07) is 14.5. The van der Waals surface area contributed by atoms with Crippen molar-refractivity contribution in [1.29, 1.82) is 0 Å². The van der Waals surface area contributed by atoms with Crippen molar-refractivity contribution in [3.05, 3.63) is 72.6 Å². The largest absolute Gasteiger partial charge is 0.322 e. The first-order valence-electron chi connectivity index (χ1n) is 7.82. The molecule has 0 saturated heterocycles. The number of carbonyl (C=O) groups is 1. The van der Waals surface area contributed by atoms with E-state index >= 15 is 0 Å². The minimum Gasteiger partial charge on any atom is -0.322 e. The molecule has 0 aliphatic rings. The van der Waals surface area contributed by atoms with E-state index in [1.54, 1.807) is 40.8 Å². The fourth-order valence-corrected chi connectivity index (χ4v) is 2.52. The van der Waals surface area contributed by atoms with Gasteiger partial charge >= 0.3 is 0 Å². The first-order valence-corrected chi connectivity index (χ1v) is 7.82. The molecule has 0 atom stereocenters. The molecule has 0 aliphatic heterocycles. The van der Waals surface area contributed by atoms with Gasteiger partial charge in [-0.25, -0.2) is 9.67 Å². The van der Waals surface area contributed by atoms with Gasteiger partial charge in [-0.1, -0.05) is 12.1 Å². The summed E-state index contributed by atoms with van der Waals surface area (Å²) in [4.78, 5) is 16.5. The molecule has 9 heteroatoms. The van der Waals surface area contributed by atoms with Crippen molar-refractivity contribution in [2.75, 3.05) is 5.32 Å². The average Bonchev–Trinajstić information content (AvgIpc) is 3.34. The molecule has 0 saturated carbocycles. The van der Waals surface area contributed by atoms with Crippen LogP contribution in [-0.2, 0) is 0 Å². The molecular weight excluding hydrogens is 332 g/mol. The minimum atomic E-state index is -0.224. The maximum absolute atomic E-state index is 12.6. The van der Waals surface area contributed by atoms with Gasteiger partial charge in [0.1, 0.15) is 12.7 Å². The van der Waals surface area contributed by atoms with Gasteiger partial charge in [0.15, 0.2) is 5.82 Å². The standard InChI is InChI=1S/C17H14N8O/c1-12-21-22-23-25(12)16-7-3-5-14(9-16)20-17(26)13-4-2-6-15(8-13)24-11-18-10-19-24/h2-11H,1H3,(H,20,26). The van der Waals surface area contributed by atoms with Crippen LogP contribution in [0.4, 0.5) is 5.69 Å². The molecule has 0 spiro atoms. The number of rotatable bonds is 4. The summed E-state index contributed by atoms with van der Waals surface area (Å²) in [5.41, 5.74) is 2.69. The van der Waals surface area contributed by atoms with Crippen molar-refractivity contribution in [2.24, 2.45) is 0 Å². The number of hydrogen-bond donors (Lipinski definition) is 1. The van der Waals surface area contributed by atoms with E-state index in [9.17, 15) is 4.79 Å². The number of aryl methyl sites for hydroxylation is 1. The first kappa shape index (κ1) is 15.6. The molecule has 128 valence electrons. The summed E-state index contributed by atoms with van der Waals surface area (Å²) < 4.78 is 3.19. The number of hydrogen-bond acceptors (Lipinski definition) is 6. The normalized spacial score (nSPS) is 10.7. The van der Waals surface area contributed by atoms with Crippen LogP contribution in [0.5, 0.6) is 0 Å². The van der Waals surface area contributed by atoms with Crippen LogP contribution in [-0.4, -0.2) is 40.9 Å². The van der Waals surface area contributed by atoms with Crippen LogP contribution < -0.4 is 5.32 Å². The summed E-state index contributed by atoms with van der Waals surface area (Å²) in [6.45, 7) is 1.81. The van der Waals surface area contributed by atoms with Crippen LogP contribution in [0.25, 0.3) is 11.4 Å². The zero-order chi connectivity index (χ0) is 17.9. The Kier molecular flexibility index (Phi) is 3.94. The summed E-state index contributed by atoms with van der Waals surface area (Å²) in [5, 5.41) is 18.4. The van der Waals surface area contributed by atoms with Crippen LogP contribution in [0.3, 0.4) is 0 Å². The number of benzene rings is 2. The molecule has 0 radical (unpaired) electrons. The predicted octanol–water partition coefficient (Wildman–Crippen LogP) is 1.80. The molecule has 1 amide bonds. The summed E-state index contributed by atoms with van der Waals surface area (Å²) >= 11 is 0. The van der Waals surface area contributed by atoms with E-state index in [0.717, 1.165) is 11.4 Å². The van der Waals surface area contributed by atoms with Crippen molar-refractivity contribution in [3.63, 3.8) is 0 Å². The van der Waals surface area contributed by atoms with E-state index in [-0.39, 0.29) is 5.91 Å². The van der Waals surface area contributed by atoms with Crippen LogP contribution in [0.2, 0.25) is 0 Å². The second-order valence-electron chi connectivity index (χ2n) is 5.53. The highest BCUT2D eigenvalue weighted by atomic mass is 16.1. The Labute approximate surface area is 148 Å². The van der Waals surface area contributed by atoms with Gasteiger partial charge in [0.05, 0.1) is 11.4 Å². The number of carbonyl (C=O) groups excluding carboxylic acids is 1. The lowest BCUT2D eigenvalue weighted by Gasteiger charge is -2.09. The smallest absolute Gasteiger partial charge is 0.255 e. The summed E-state index contributed by atoms with van der Waals surface area (Å²) in [7, 11) is 0. The van der Waals surface area contributed by atoms with Gasteiger partial charge in [0, 0.05) is 11.3 Å². The molecule has 9 nitrogen and oxygen atoms in total. The molecule has 2 heterocycles. The Morgan fingerprint density at radius 2 is 1.92 bits per heavy atom. The lowest BCUT2D eigenvalue weighted by atomic mass is 10.2. The Balaban J connectivity index is 1.57. The van der Waals surface area contributed by atoms with Crippen LogP contribution in [0.15, 0.2) is 61.2 Å². The number of amides is 1. The quantitative estimate of drug-likeness (QED) is 0.604. The van der Waals surface area contributed by atoms with E-state index in [1.807, 2.05) is 30.3 Å². The van der Waals surface area contributed by atoms with Gasteiger partial charge < -0.3 is 5.32 Å². The van der Waals surface area contributed by atoms with Crippen molar-refractivity contribution in [3.8, 4) is 11.4 Å². The molecule has 2 aromatic heterocycles. The number of tetrazole rings is 1. The van der Waals surface area contributed by atoms with E-state index in [1.165, 1.54) is 6.33 Å². The first-order chi connectivity index (χ1) is 12.7. The predicted molar refractivity (Wildman–Crippen MR) is 93.2 cm³/mol. The molecule has 26 heavy (non-hydrogen) atoms. The van der Waals surface area contributed by atoms with Gasteiger partial charge in [-0.15, -0.1) is 5.10 Å². The Bertz CT molecular complexity index is 1050. The maximum Gasteiger partial charge on any atom is 0.255 e. The second-order valence-corrected chi connectivity index (χ2v) is 5.53. The van der Waals surface area contributed by atoms with Gasteiger partial charge in [0.2, 0.25) is 0 Å². The molecule has 2 aromatic carbocycles. The van der Waals surface area contributed by atoms with Crippen LogP contribution in [0.1, 0.15) is 16.2 Å². The third kappa shape index (κ3) is 3.05. The van der Waals surface area contributed by atoms with Gasteiger partial charge in [-0.05, 0) is 53.7 Å². The number of nitrogens with one attached hydrogen (secondary N) is 1. The molecule has 0 bridgehead atoms. The number of nitrogens with zero attached hydrogens (tertiary/aromatic N) is 7. The lowest BCUT2D eigenvalue weighted by molar-refractivity contribution is 0.102. The van der Waals surface area contributed by atoms with Crippen LogP contribution >= 0.6 is 0 Å². The molecule has 0 fully saturated rings. The Hall–Kier alpha value is -3.88. The van der Waals surface area contributed by atoms with E-state index in [0.29, 0.717) is 17.1 Å². The van der Waals surface area contributed by atoms with E-state index in [2.05, 4.69) is 30.9 Å². The van der Waals surface area contributed by atoms with E-state index in [4.69, 9.17) is 0 Å². The molecule has 1 N–H and O–H groups in total. The highest BCUT2D eigenvalue weighted by Gasteiger charge is 2.10. The average molecular weight is 346 g/mol. The van der Waals surface area contributed by atoms with Crippen molar-refractivity contribution >= 4 is 11.6 Å². The Morgan fingerprint density at radius 3 is 2.69 bits per heavy atom. The maximum atomic E-state index is 12.6. The van der Waals surface area contributed by atoms with Gasteiger partial charge in [0.25, 0.3) is 5.91 Å². The summed E-state index contributed by atoms with van der Waals surface area (Å²) in [6.07, 6.45) is 3.02. The van der Waals surface area contributed by atoms with Crippen molar-refractivity contribution < 1.29 is 4.79 Å². The SMILES string of the molecule is Cc1nnnn1-c1cccc(NC(=O)c2cccc(-n3cncn3)c2)c1. The zero-order valence-electron chi connectivity index (χ0n) is 13.8. The zero-order valence-corrected chi connectivity index (χ0v) is 13.8. The van der Waals surface area contributed by atoms with Crippen molar-refractivity contribution in [2.45, 2.75) is 6.92 Å². The van der Waals surface area contributed by atoms with Crippen molar-refractivity contribution in [1.82, 2.24) is 35.0 Å². The molecule has 4 rings (SSSR count). The van der Waals surface area contributed by atoms with Crippen LogP contribution in [0, 0.1) is 6.92 Å². The van der Waals surface area contributed by atoms with Gasteiger partial charge in [-0.3, -0.25) is 4.79 Å². The number of anilines is 1. The Morgan fingerprint density at radius 1 is 1.08 bits per heavy atom. The third-order valence-corrected chi connectivity index (χ3v) is 3.77. The third-order valence-electron chi connectivity index (χ3n) is 3.77. The fraction of sp³-hybridized carbons (Fsp3) is 0.0588. The summed E-state index contributed by atoms with van der Waals surface area (Å²) in [5.74, 6) is 0.437. The van der Waals surface area contributed by atoms with Gasteiger partial charge in [-0.2, -0.15) is 9.78 Å². The number of aromatic nitrogens is 7.